The number of anilines is 1. The Bertz CT molecular complexity index is 499. The quantitative estimate of drug-likeness (QED) is 0.793. The second-order valence-electron chi connectivity index (χ2n) is 4.29. The van der Waals surface area contributed by atoms with Gasteiger partial charge in [0.25, 0.3) is 0 Å². The lowest BCUT2D eigenvalue weighted by Gasteiger charge is -2.19. The van der Waals surface area contributed by atoms with Gasteiger partial charge in [0.2, 0.25) is 0 Å². The van der Waals surface area contributed by atoms with Crippen LogP contribution in [-0.4, -0.2) is 38.5 Å². The van der Waals surface area contributed by atoms with Crippen LogP contribution in [0.5, 0.6) is 0 Å². The summed E-state index contributed by atoms with van der Waals surface area (Å²) >= 11 is 0. The molecule has 0 heterocycles. The third-order valence-corrected chi connectivity index (χ3v) is 2.98. The van der Waals surface area contributed by atoms with E-state index in [0.29, 0.717) is 13.2 Å². The van der Waals surface area contributed by atoms with Crippen LogP contribution in [0.2, 0.25) is 0 Å². The number of aliphatic hydroxyl groups is 1. The van der Waals surface area contributed by atoms with E-state index >= 15 is 0 Å². The number of rotatable bonds is 6. The van der Waals surface area contributed by atoms with Gasteiger partial charge in [-0.25, -0.2) is 0 Å². The van der Waals surface area contributed by atoms with Crippen molar-refractivity contribution >= 4 is 16.5 Å². The van der Waals surface area contributed by atoms with E-state index in [2.05, 4.69) is 47.4 Å². The van der Waals surface area contributed by atoms with Crippen LogP contribution in [-0.2, 0) is 4.74 Å². The molecule has 1 N–H and O–H groups in total. The van der Waals surface area contributed by atoms with Crippen LogP contribution in [0, 0.1) is 0 Å². The van der Waals surface area contributed by atoms with Gasteiger partial charge in [-0.15, -0.1) is 0 Å². The molecular formula is C15H19NO2. The largest absolute Gasteiger partial charge is 0.394 e. The lowest BCUT2D eigenvalue weighted by Crippen LogP contribution is -2.23. The van der Waals surface area contributed by atoms with Crippen LogP contribution >= 0.6 is 0 Å². The maximum Gasteiger partial charge on any atom is 0.0698 e. The summed E-state index contributed by atoms with van der Waals surface area (Å²) in [5, 5.41) is 11.1. The van der Waals surface area contributed by atoms with Crippen molar-refractivity contribution < 1.29 is 9.84 Å². The second kappa shape index (κ2) is 6.38. The van der Waals surface area contributed by atoms with Crippen molar-refractivity contribution in [2.24, 2.45) is 0 Å². The summed E-state index contributed by atoms with van der Waals surface area (Å²) in [5.41, 5.74) is 1.18. The molecule has 0 aliphatic heterocycles. The number of ether oxygens (including phenoxy) is 1. The van der Waals surface area contributed by atoms with E-state index in [4.69, 9.17) is 9.84 Å². The molecule has 0 atom stereocenters. The lowest BCUT2D eigenvalue weighted by atomic mass is 10.1. The first-order chi connectivity index (χ1) is 8.81. The Morgan fingerprint density at radius 1 is 1.06 bits per heavy atom. The minimum atomic E-state index is 0.0830. The summed E-state index contributed by atoms with van der Waals surface area (Å²) in [6.45, 7) is 1.94. The van der Waals surface area contributed by atoms with Crippen molar-refractivity contribution in [3.05, 3.63) is 42.5 Å². The van der Waals surface area contributed by atoms with Gasteiger partial charge in [0.1, 0.15) is 0 Å². The van der Waals surface area contributed by atoms with Gasteiger partial charge in [0, 0.05) is 19.3 Å². The summed E-state index contributed by atoms with van der Waals surface area (Å²) < 4.78 is 5.27. The lowest BCUT2D eigenvalue weighted by molar-refractivity contribution is 0.0971. The minimum Gasteiger partial charge on any atom is -0.394 e. The molecule has 18 heavy (non-hydrogen) atoms. The fraction of sp³-hybridized carbons (Fsp3) is 0.333. The number of nitrogens with zero attached hydrogens (tertiary/aromatic N) is 1. The zero-order valence-corrected chi connectivity index (χ0v) is 10.7. The van der Waals surface area contributed by atoms with Crippen LogP contribution in [0.1, 0.15) is 0 Å². The van der Waals surface area contributed by atoms with Crippen molar-refractivity contribution in [1.82, 2.24) is 0 Å². The van der Waals surface area contributed by atoms with E-state index in [1.165, 1.54) is 16.5 Å². The number of benzene rings is 2. The maximum atomic E-state index is 8.63. The fourth-order valence-corrected chi connectivity index (χ4v) is 1.91. The van der Waals surface area contributed by atoms with Gasteiger partial charge < -0.3 is 14.7 Å². The number of fused-ring (bicyclic) bond motifs is 1. The van der Waals surface area contributed by atoms with Gasteiger partial charge >= 0.3 is 0 Å². The molecule has 0 radical (unpaired) electrons. The van der Waals surface area contributed by atoms with Crippen LogP contribution in [0.4, 0.5) is 5.69 Å². The third-order valence-electron chi connectivity index (χ3n) is 2.98. The van der Waals surface area contributed by atoms with E-state index < -0.39 is 0 Å². The van der Waals surface area contributed by atoms with E-state index in [1.54, 1.807) is 0 Å². The third kappa shape index (κ3) is 3.22. The molecule has 2 aromatic carbocycles. The highest BCUT2D eigenvalue weighted by molar-refractivity contribution is 5.85. The molecule has 0 saturated carbocycles. The number of aliphatic hydroxyl groups excluding tert-OH is 1. The van der Waals surface area contributed by atoms with Crippen molar-refractivity contribution in [2.45, 2.75) is 0 Å². The van der Waals surface area contributed by atoms with Crippen LogP contribution in [0.3, 0.4) is 0 Å². The van der Waals surface area contributed by atoms with Gasteiger partial charge in [0.05, 0.1) is 19.8 Å². The Kier molecular flexibility index (Phi) is 4.56. The zero-order valence-electron chi connectivity index (χ0n) is 10.7. The van der Waals surface area contributed by atoms with E-state index in [9.17, 15) is 0 Å². The Morgan fingerprint density at radius 2 is 1.83 bits per heavy atom. The van der Waals surface area contributed by atoms with Crippen molar-refractivity contribution in [1.29, 1.82) is 0 Å². The highest BCUT2D eigenvalue weighted by Gasteiger charge is 2.01. The maximum absolute atomic E-state index is 8.63. The minimum absolute atomic E-state index is 0.0830. The van der Waals surface area contributed by atoms with E-state index in [1.807, 2.05) is 7.05 Å². The van der Waals surface area contributed by atoms with Gasteiger partial charge in [-0.1, -0.05) is 30.3 Å². The standard InChI is InChI=1S/C15H19NO2/c1-16(8-10-18-11-9-17)15-7-6-13-4-2-3-5-14(13)12-15/h2-7,12,17H,8-11H2,1H3. The molecular weight excluding hydrogens is 226 g/mol. The van der Waals surface area contributed by atoms with Crippen molar-refractivity contribution in [3.63, 3.8) is 0 Å². The molecule has 96 valence electrons. The molecule has 0 unspecified atom stereocenters. The smallest absolute Gasteiger partial charge is 0.0698 e. The van der Waals surface area contributed by atoms with Crippen LogP contribution < -0.4 is 4.90 Å². The van der Waals surface area contributed by atoms with E-state index in [0.717, 1.165) is 6.54 Å². The SMILES string of the molecule is CN(CCOCCO)c1ccc2ccccc2c1. The molecule has 2 aromatic rings. The Labute approximate surface area is 108 Å². The van der Waals surface area contributed by atoms with Gasteiger partial charge in [-0.2, -0.15) is 0 Å². The molecule has 0 amide bonds. The van der Waals surface area contributed by atoms with Gasteiger partial charge in [-0.3, -0.25) is 0 Å². The summed E-state index contributed by atoms with van der Waals surface area (Å²) in [5.74, 6) is 0. The Balaban J connectivity index is 2.01. The molecule has 0 bridgehead atoms. The van der Waals surface area contributed by atoms with Crippen molar-refractivity contribution in [3.8, 4) is 0 Å². The summed E-state index contributed by atoms with van der Waals surface area (Å²) in [6.07, 6.45) is 0. The number of hydrogen-bond acceptors (Lipinski definition) is 3. The topological polar surface area (TPSA) is 32.7 Å². The molecule has 0 aromatic heterocycles. The monoisotopic (exact) mass is 245 g/mol. The molecule has 2 rings (SSSR count). The summed E-state index contributed by atoms with van der Waals surface area (Å²) in [6, 6.07) is 14.8. The predicted molar refractivity (Wildman–Crippen MR) is 75.1 cm³/mol. The normalized spacial score (nSPS) is 10.8. The second-order valence-corrected chi connectivity index (χ2v) is 4.29. The fourth-order valence-electron chi connectivity index (χ4n) is 1.91. The first-order valence-corrected chi connectivity index (χ1v) is 6.20. The number of hydrogen-bond donors (Lipinski definition) is 1. The zero-order chi connectivity index (χ0) is 12.8. The summed E-state index contributed by atoms with van der Waals surface area (Å²) in [4.78, 5) is 2.16. The van der Waals surface area contributed by atoms with Crippen LogP contribution in [0.25, 0.3) is 10.8 Å². The average molecular weight is 245 g/mol. The molecule has 0 saturated heterocycles. The van der Waals surface area contributed by atoms with Crippen LogP contribution in [0.15, 0.2) is 42.5 Å². The molecule has 0 aliphatic rings. The molecule has 0 spiro atoms. The molecule has 3 heteroatoms. The van der Waals surface area contributed by atoms with Crippen molar-refractivity contribution in [2.75, 3.05) is 38.3 Å². The molecule has 0 aliphatic carbocycles. The summed E-state index contributed by atoms with van der Waals surface area (Å²) in [7, 11) is 2.05. The van der Waals surface area contributed by atoms with Gasteiger partial charge in [-0.05, 0) is 22.9 Å². The van der Waals surface area contributed by atoms with E-state index in [-0.39, 0.29) is 6.61 Å². The average Bonchev–Trinajstić information content (AvgIpc) is 2.43. The Morgan fingerprint density at radius 3 is 2.61 bits per heavy atom. The predicted octanol–water partition coefficient (Wildman–Crippen LogP) is 2.28. The molecule has 0 fully saturated rings. The highest BCUT2D eigenvalue weighted by Crippen LogP contribution is 2.20. The van der Waals surface area contributed by atoms with Gasteiger partial charge in [0.15, 0.2) is 0 Å². The highest BCUT2D eigenvalue weighted by atomic mass is 16.5. The first-order valence-electron chi connectivity index (χ1n) is 6.20. The number of likely N-dealkylation sites (N-methyl/N-ethyl adjacent to an activating group) is 1. The Hall–Kier alpha value is -1.58. The molecule has 3 nitrogen and oxygen atoms in total. The first kappa shape index (κ1) is 12.9.